The van der Waals surface area contributed by atoms with Gasteiger partial charge in [0.15, 0.2) is 0 Å². The Balaban J connectivity index is 0.000000318. The number of hydrogen-bond acceptors (Lipinski definition) is 4. The van der Waals surface area contributed by atoms with Crippen LogP contribution in [-0.2, 0) is 13.3 Å². The van der Waals surface area contributed by atoms with E-state index in [1.807, 2.05) is 0 Å². The van der Waals surface area contributed by atoms with Crippen LogP contribution in [0.3, 0.4) is 0 Å². The quantitative estimate of drug-likeness (QED) is 0.773. The molecule has 4 nitrogen and oxygen atoms in total. The summed E-state index contributed by atoms with van der Waals surface area (Å²) in [5, 5.41) is 7.19. The van der Waals surface area contributed by atoms with Crippen LogP contribution in [0.15, 0.2) is 0 Å². The Morgan fingerprint density at radius 3 is 1.65 bits per heavy atom. The lowest BCUT2D eigenvalue weighted by Gasteiger charge is -2.23. The van der Waals surface area contributed by atoms with Gasteiger partial charge in [0.25, 0.3) is 0 Å². The van der Waals surface area contributed by atoms with Crippen LogP contribution in [0.25, 0.3) is 0 Å². The summed E-state index contributed by atoms with van der Waals surface area (Å²) in [6.07, 6.45) is 7.04. The molecule has 1 aliphatic rings. The topological polar surface area (TPSA) is 51.5 Å². The normalized spacial score (nSPS) is 16.4. The van der Waals surface area contributed by atoms with Gasteiger partial charge >= 0.3 is 8.80 Å². The Morgan fingerprint density at radius 2 is 1.47 bits per heavy atom. The summed E-state index contributed by atoms with van der Waals surface area (Å²) in [7, 11) is 2.68. The van der Waals surface area contributed by atoms with Gasteiger partial charge in [-0.2, -0.15) is 0 Å². The minimum absolute atomic E-state index is 0.885. The fourth-order valence-corrected chi connectivity index (χ4v) is 3.57. The Morgan fingerprint density at radius 1 is 1.00 bits per heavy atom. The first kappa shape index (κ1) is 16.8. The average Bonchev–Trinajstić information content (AvgIpc) is 2.38. The standard InChI is InChI=1S/C6H11N.C6H16O3Si/c7-6-4-2-1-3-5-6;1-5-6-10(7-2,8-3)9-4/h7H,1-5H2;5-6H2,1-4H3. The molecule has 0 saturated heterocycles. The Hall–Kier alpha value is -0.233. The van der Waals surface area contributed by atoms with Gasteiger partial charge in [-0.1, -0.05) is 19.8 Å². The largest absolute Gasteiger partial charge is 0.500 e. The smallest absolute Gasteiger partial charge is 0.377 e. The van der Waals surface area contributed by atoms with Crippen molar-refractivity contribution in [1.82, 2.24) is 0 Å². The van der Waals surface area contributed by atoms with Gasteiger partial charge < -0.3 is 18.7 Å². The van der Waals surface area contributed by atoms with Crippen LogP contribution in [-0.4, -0.2) is 35.8 Å². The van der Waals surface area contributed by atoms with Crippen molar-refractivity contribution < 1.29 is 13.3 Å². The summed E-state index contributed by atoms with van der Waals surface area (Å²) >= 11 is 0. The summed E-state index contributed by atoms with van der Waals surface area (Å²) in [5.74, 6) is 0. The summed E-state index contributed by atoms with van der Waals surface area (Å²) in [6, 6.07) is 0.885. The molecule has 0 radical (unpaired) electrons. The SMILES string of the molecule is CCC[Si](OC)(OC)OC.N=C1CCCCC1. The molecule has 0 aromatic heterocycles. The third-order valence-electron chi connectivity index (χ3n) is 2.95. The van der Waals surface area contributed by atoms with Gasteiger partial charge in [0.05, 0.1) is 0 Å². The van der Waals surface area contributed by atoms with Gasteiger partial charge in [-0.15, -0.1) is 0 Å². The van der Waals surface area contributed by atoms with Crippen LogP contribution in [0.4, 0.5) is 0 Å². The van der Waals surface area contributed by atoms with Crippen molar-refractivity contribution in [3.63, 3.8) is 0 Å². The first-order valence-corrected chi connectivity index (χ1v) is 8.29. The third kappa shape index (κ3) is 6.93. The lowest BCUT2D eigenvalue weighted by atomic mass is 9.99. The highest BCUT2D eigenvalue weighted by Crippen LogP contribution is 2.14. The second-order valence-electron chi connectivity index (χ2n) is 4.21. The van der Waals surface area contributed by atoms with Crippen molar-refractivity contribution in [2.45, 2.75) is 51.5 Å². The Kier molecular flexibility index (Phi) is 9.63. The van der Waals surface area contributed by atoms with Crippen LogP contribution in [0.1, 0.15) is 45.4 Å². The van der Waals surface area contributed by atoms with Crippen molar-refractivity contribution in [2.24, 2.45) is 0 Å². The molecule has 0 amide bonds. The van der Waals surface area contributed by atoms with Gasteiger partial charge in [-0.05, 0) is 25.7 Å². The van der Waals surface area contributed by atoms with Crippen LogP contribution in [0.2, 0.25) is 6.04 Å². The van der Waals surface area contributed by atoms with E-state index in [1.165, 1.54) is 19.3 Å². The zero-order chi connectivity index (χ0) is 13.1. The number of rotatable bonds is 5. The van der Waals surface area contributed by atoms with Crippen LogP contribution in [0.5, 0.6) is 0 Å². The third-order valence-corrected chi connectivity index (χ3v) is 5.92. The van der Waals surface area contributed by atoms with Crippen LogP contribution in [0, 0.1) is 5.41 Å². The van der Waals surface area contributed by atoms with Crippen LogP contribution >= 0.6 is 0 Å². The van der Waals surface area contributed by atoms with Gasteiger partial charge in [0, 0.05) is 33.1 Å². The maximum absolute atomic E-state index is 7.19. The number of nitrogens with one attached hydrogen (secondary N) is 1. The molecule has 1 N–H and O–H groups in total. The van der Waals surface area contributed by atoms with Gasteiger partial charge in [-0.25, -0.2) is 0 Å². The molecule has 0 aliphatic heterocycles. The molecule has 1 saturated carbocycles. The van der Waals surface area contributed by atoms with Gasteiger partial charge in [0.2, 0.25) is 0 Å². The van der Waals surface area contributed by atoms with E-state index < -0.39 is 8.80 Å². The molecular formula is C12H27NO3Si. The maximum atomic E-state index is 7.19. The van der Waals surface area contributed by atoms with E-state index in [1.54, 1.807) is 21.3 Å². The fourth-order valence-electron chi connectivity index (χ4n) is 1.84. The summed E-state index contributed by atoms with van der Waals surface area (Å²) in [4.78, 5) is 0. The summed E-state index contributed by atoms with van der Waals surface area (Å²) in [5.41, 5.74) is 0.964. The lowest BCUT2D eigenvalue weighted by Crippen LogP contribution is -2.42. The van der Waals surface area contributed by atoms with Crippen molar-refractivity contribution in [2.75, 3.05) is 21.3 Å². The van der Waals surface area contributed by atoms with Crippen molar-refractivity contribution in [3.8, 4) is 0 Å². The molecule has 102 valence electrons. The molecule has 1 fully saturated rings. The van der Waals surface area contributed by atoms with Gasteiger partial charge in [0.1, 0.15) is 0 Å². The highest BCUT2D eigenvalue weighted by molar-refractivity contribution is 6.60. The lowest BCUT2D eigenvalue weighted by molar-refractivity contribution is 0.123. The first-order valence-electron chi connectivity index (χ1n) is 6.35. The molecule has 0 spiro atoms. The predicted octanol–water partition coefficient (Wildman–Crippen LogP) is 3.24. The average molecular weight is 261 g/mol. The van der Waals surface area contributed by atoms with Crippen molar-refractivity contribution >= 4 is 14.5 Å². The number of hydrogen-bond donors (Lipinski definition) is 1. The van der Waals surface area contributed by atoms with E-state index in [4.69, 9.17) is 18.7 Å². The summed E-state index contributed by atoms with van der Waals surface area (Å²) in [6.45, 7) is 2.08. The molecule has 0 aromatic carbocycles. The van der Waals surface area contributed by atoms with E-state index in [2.05, 4.69) is 6.92 Å². The van der Waals surface area contributed by atoms with E-state index >= 15 is 0 Å². The second kappa shape index (κ2) is 9.76. The Labute approximate surface area is 107 Å². The molecule has 0 heterocycles. The van der Waals surface area contributed by atoms with Crippen molar-refractivity contribution in [1.29, 1.82) is 5.41 Å². The molecule has 0 unspecified atom stereocenters. The zero-order valence-electron chi connectivity index (χ0n) is 11.7. The second-order valence-corrected chi connectivity index (χ2v) is 7.30. The van der Waals surface area contributed by atoms with E-state index in [0.29, 0.717) is 0 Å². The molecule has 1 aliphatic carbocycles. The van der Waals surface area contributed by atoms with Crippen molar-refractivity contribution in [3.05, 3.63) is 0 Å². The molecule has 17 heavy (non-hydrogen) atoms. The molecule has 0 bridgehead atoms. The fraction of sp³-hybridized carbons (Fsp3) is 0.917. The maximum Gasteiger partial charge on any atom is 0.500 e. The molecular weight excluding hydrogens is 234 g/mol. The summed E-state index contributed by atoms with van der Waals surface area (Å²) < 4.78 is 15.5. The first-order chi connectivity index (χ1) is 8.14. The predicted molar refractivity (Wildman–Crippen MR) is 72.7 cm³/mol. The highest BCUT2D eigenvalue weighted by Gasteiger charge is 2.36. The molecule has 0 atom stereocenters. The monoisotopic (exact) mass is 261 g/mol. The molecule has 0 aromatic rings. The minimum Gasteiger partial charge on any atom is -0.377 e. The molecule has 5 heteroatoms. The highest BCUT2D eigenvalue weighted by atomic mass is 28.4. The van der Waals surface area contributed by atoms with Crippen LogP contribution < -0.4 is 0 Å². The zero-order valence-corrected chi connectivity index (χ0v) is 12.7. The molecule has 1 rings (SSSR count). The van der Waals surface area contributed by atoms with E-state index in [9.17, 15) is 0 Å². The van der Waals surface area contributed by atoms with E-state index in [0.717, 1.165) is 31.0 Å². The van der Waals surface area contributed by atoms with E-state index in [-0.39, 0.29) is 0 Å². The van der Waals surface area contributed by atoms with Gasteiger partial charge in [-0.3, -0.25) is 0 Å². The Bertz CT molecular complexity index is 192. The minimum atomic E-state index is -2.22.